The van der Waals surface area contributed by atoms with Crippen LogP contribution in [0.5, 0.6) is 0 Å². The molecule has 1 atom stereocenters. The van der Waals surface area contributed by atoms with Crippen molar-refractivity contribution in [1.82, 2.24) is 10.6 Å². The van der Waals surface area contributed by atoms with E-state index in [0.717, 1.165) is 51.5 Å². The number of guanidine groups is 1. The molecule has 1 fully saturated rings. The summed E-state index contributed by atoms with van der Waals surface area (Å²) in [6.07, 6.45) is 7.50. The zero-order chi connectivity index (χ0) is 13.3. The van der Waals surface area contributed by atoms with Crippen molar-refractivity contribution in [3.8, 4) is 0 Å². The maximum absolute atomic E-state index is 5.74. The minimum Gasteiger partial charge on any atom is -0.373 e. The fourth-order valence-electron chi connectivity index (χ4n) is 1.99. The Bertz CT molecular complexity index is 281. The van der Waals surface area contributed by atoms with E-state index in [2.05, 4.69) is 41.6 Å². The summed E-state index contributed by atoms with van der Waals surface area (Å²) in [6.45, 7) is 9.66. The number of allylic oxidation sites excluding steroid dienone is 1. The van der Waals surface area contributed by atoms with E-state index in [1.54, 1.807) is 0 Å². The van der Waals surface area contributed by atoms with E-state index in [0.29, 0.717) is 0 Å². The maximum Gasteiger partial charge on any atom is 0.191 e. The second-order valence-corrected chi connectivity index (χ2v) is 4.88. The quantitative estimate of drug-likeness (QED) is 0.330. The number of aliphatic imine (C=N–C) groups is 1. The van der Waals surface area contributed by atoms with Crippen molar-refractivity contribution >= 4 is 5.96 Å². The predicted molar refractivity (Wildman–Crippen MR) is 77.0 cm³/mol. The normalized spacial score (nSPS) is 24.7. The lowest BCUT2D eigenvalue weighted by atomic mass is 10.0. The van der Waals surface area contributed by atoms with E-state index in [-0.39, 0.29) is 5.60 Å². The molecule has 0 saturated carbocycles. The summed E-state index contributed by atoms with van der Waals surface area (Å²) in [5, 5.41) is 6.59. The van der Waals surface area contributed by atoms with Crippen molar-refractivity contribution < 1.29 is 4.74 Å². The third-order valence-electron chi connectivity index (χ3n) is 3.06. The van der Waals surface area contributed by atoms with Gasteiger partial charge in [0.1, 0.15) is 0 Å². The van der Waals surface area contributed by atoms with Crippen molar-refractivity contribution in [2.75, 3.05) is 26.2 Å². The summed E-state index contributed by atoms with van der Waals surface area (Å²) in [5.41, 5.74) is -0.0638. The molecule has 1 unspecified atom stereocenters. The monoisotopic (exact) mass is 253 g/mol. The molecule has 0 aliphatic carbocycles. The summed E-state index contributed by atoms with van der Waals surface area (Å²) < 4.78 is 5.74. The lowest BCUT2D eigenvalue weighted by Crippen LogP contribution is -2.39. The molecule has 1 rings (SSSR count). The number of hydrogen-bond donors (Lipinski definition) is 2. The van der Waals surface area contributed by atoms with Crippen molar-refractivity contribution in [2.24, 2.45) is 4.99 Å². The molecule has 1 saturated heterocycles. The zero-order valence-electron chi connectivity index (χ0n) is 12.0. The van der Waals surface area contributed by atoms with Gasteiger partial charge in [0.2, 0.25) is 0 Å². The van der Waals surface area contributed by atoms with Gasteiger partial charge in [-0.3, -0.25) is 4.99 Å². The van der Waals surface area contributed by atoms with Gasteiger partial charge in [0.25, 0.3) is 0 Å². The molecule has 4 nitrogen and oxygen atoms in total. The molecular weight excluding hydrogens is 226 g/mol. The first-order chi connectivity index (χ1) is 8.70. The molecule has 0 aromatic carbocycles. The molecule has 4 heteroatoms. The fourth-order valence-corrected chi connectivity index (χ4v) is 1.99. The Morgan fingerprint density at radius 2 is 2.28 bits per heavy atom. The molecule has 0 radical (unpaired) electrons. The smallest absolute Gasteiger partial charge is 0.191 e. The van der Waals surface area contributed by atoms with Crippen LogP contribution in [0.3, 0.4) is 0 Å². The van der Waals surface area contributed by atoms with Crippen LogP contribution < -0.4 is 10.6 Å². The molecule has 1 aliphatic rings. The van der Waals surface area contributed by atoms with Gasteiger partial charge < -0.3 is 15.4 Å². The third-order valence-corrected chi connectivity index (χ3v) is 3.06. The molecule has 0 aromatic heterocycles. The lowest BCUT2D eigenvalue weighted by molar-refractivity contribution is 0.0283. The lowest BCUT2D eigenvalue weighted by Gasteiger charge is -2.21. The number of rotatable bonds is 6. The first-order valence-electron chi connectivity index (χ1n) is 6.97. The van der Waals surface area contributed by atoms with Crippen molar-refractivity contribution in [1.29, 1.82) is 0 Å². The van der Waals surface area contributed by atoms with E-state index >= 15 is 0 Å². The molecule has 0 amide bonds. The molecule has 104 valence electrons. The van der Waals surface area contributed by atoms with Crippen LogP contribution >= 0.6 is 0 Å². The first-order valence-corrected chi connectivity index (χ1v) is 6.97. The highest BCUT2D eigenvalue weighted by molar-refractivity contribution is 5.79. The molecule has 18 heavy (non-hydrogen) atoms. The van der Waals surface area contributed by atoms with Gasteiger partial charge in [0.05, 0.1) is 12.1 Å². The molecule has 0 bridgehead atoms. The second kappa shape index (κ2) is 8.14. The van der Waals surface area contributed by atoms with Crippen LogP contribution in [0.1, 0.15) is 40.0 Å². The summed E-state index contributed by atoms with van der Waals surface area (Å²) in [7, 11) is 0. The largest absolute Gasteiger partial charge is 0.373 e. The van der Waals surface area contributed by atoms with E-state index in [1.165, 1.54) is 0 Å². The number of ether oxygens (including phenoxy) is 1. The molecular formula is C14H27N3O. The van der Waals surface area contributed by atoms with Crippen molar-refractivity contribution in [3.63, 3.8) is 0 Å². The Kier molecular flexibility index (Phi) is 6.80. The minimum absolute atomic E-state index is 0.0638. The van der Waals surface area contributed by atoms with Crippen LogP contribution in [-0.2, 0) is 4.74 Å². The number of hydrogen-bond acceptors (Lipinski definition) is 2. The minimum atomic E-state index is -0.0638. The molecule has 1 aliphatic heterocycles. The van der Waals surface area contributed by atoms with Gasteiger partial charge in [-0.25, -0.2) is 0 Å². The van der Waals surface area contributed by atoms with Gasteiger partial charge >= 0.3 is 0 Å². The molecule has 0 spiro atoms. The van der Waals surface area contributed by atoms with Crippen LogP contribution in [0.15, 0.2) is 17.1 Å². The highest BCUT2D eigenvalue weighted by Gasteiger charge is 2.29. The predicted octanol–water partition coefficient (Wildman–Crippen LogP) is 2.08. The number of nitrogens with one attached hydrogen (secondary N) is 2. The van der Waals surface area contributed by atoms with Crippen LogP contribution in [0.2, 0.25) is 0 Å². The molecule has 2 N–H and O–H groups in total. The SMILES string of the molecule is C/C=C/CCNC(=NCC1(C)CCCO1)NCC. The highest BCUT2D eigenvalue weighted by Crippen LogP contribution is 2.24. The van der Waals surface area contributed by atoms with E-state index < -0.39 is 0 Å². The average Bonchev–Trinajstić information content (AvgIpc) is 2.79. The van der Waals surface area contributed by atoms with E-state index in [9.17, 15) is 0 Å². The molecule has 0 aromatic rings. The highest BCUT2D eigenvalue weighted by atomic mass is 16.5. The Balaban J connectivity index is 2.38. The van der Waals surface area contributed by atoms with Crippen LogP contribution in [0.25, 0.3) is 0 Å². The summed E-state index contributed by atoms with van der Waals surface area (Å²) in [4.78, 5) is 4.61. The van der Waals surface area contributed by atoms with Gasteiger partial charge in [0, 0.05) is 19.7 Å². The first kappa shape index (κ1) is 15.0. The third kappa shape index (κ3) is 5.54. The van der Waals surface area contributed by atoms with Crippen LogP contribution in [-0.4, -0.2) is 37.8 Å². The Morgan fingerprint density at radius 1 is 1.44 bits per heavy atom. The van der Waals surface area contributed by atoms with Crippen LogP contribution in [0, 0.1) is 0 Å². The summed E-state index contributed by atoms with van der Waals surface area (Å²) in [5.74, 6) is 0.888. The van der Waals surface area contributed by atoms with E-state index in [1.807, 2.05) is 6.92 Å². The Labute approximate surface area is 111 Å². The fraction of sp³-hybridized carbons (Fsp3) is 0.786. The van der Waals surface area contributed by atoms with E-state index in [4.69, 9.17) is 4.74 Å². The van der Waals surface area contributed by atoms with Gasteiger partial charge in [0.15, 0.2) is 5.96 Å². The number of nitrogens with zero attached hydrogens (tertiary/aromatic N) is 1. The maximum atomic E-state index is 5.74. The Morgan fingerprint density at radius 3 is 2.89 bits per heavy atom. The summed E-state index contributed by atoms with van der Waals surface area (Å²) >= 11 is 0. The molecule has 1 heterocycles. The van der Waals surface area contributed by atoms with Gasteiger partial charge in [-0.2, -0.15) is 0 Å². The average molecular weight is 253 g/mol. The van der Waals surface area contributed by atoms with Gasteiger partial charge in [-0.05, 0) is 40.0 Å². The topological polar surface area (TPSA) is 45.7 Å². The second-order valence-electron chi connectivity index (χ2n) is 4.88. The van der Waals surface area contributed by atoms with Crippen molar-refractivity contribution in [2.45, 2.75) is 45.6 Å². The zero-order valence-corrected chi connectivity index (χ0v) is 12.0. The van der Waals surface area contributed by atoms with Crippen LogP contribution in [0.4, 0.5) is 0 Å². The van der Waals surface area contributed by atoms with Gasteiger partial charge in [-0.15, -0.1) is 0 Å². The standard InChI is InChI=1S/C14H27N3O/c1-4-6-7-10-16-13(15-5-2)17-12-14(3)9-8-11-18-14/h4,6H,5,7-12H2,1-3H3,(H2,15,16,17)/b6-4+. The van der Waals surface area contributed by atoms with Crippen molar-refractivity contribution in [3.05, 3.63) is 12.2 Å². The Hall–Kier alpha value is -1.03. The summed E-state index contributed by atoms with van der Waals surface area (Å²) in [6, 6.07) is 0. The van der Waals surface area contributed by atoms with Gasteiger partial charge in [-0.1, -0.05) is 12.2 Å².